The van der Waals surface area contributed by atoms with Crippen molar-refractivity contribution < 1.29 is 4.39 Å². The van der Waals surface area contributed by atoms with Crippen molar-refractivity contribution in [3.63, 3.8) is 0 Å². The van der Waals surface area contributed by atoms with Crippen LogP contribution in [-0.4, -0.2) is 16.5 Å². The van der Waals surface area contributed by atoms with E-state index in [2.05, 4.69) is 20.6 Å². The van der Waals surface area contributed by atoms with Gasteiger partial charge >= 0.3 is 0 Å². The predicted octanol–water partition coefficient (Wildman–Crippen LogP) is 2.65. The van der Waals surface area contributed by atoms with Gasteiger partial charge in [0, 0.05) is 6.54 Å². The van der Waals surface area contributed by atoms with Crippen LogP contribution in [0, 0.1) is 5.82 Å². The maximum absolute atomic E-state index is 12.8. The second-order valence-corrected chi connectivity index (χ2v) is 4.96. The fourth-order valence-corrected chi connectivity index (χ4v) is 2.34. The largest absolute Gasteiger partial charge is 0.365 e. The van der Waals surface area contributed by atoms with Crippen molar-refractivity contribution in [1.82, 2.24) is 15.3 Å². The molecule has 0 bridgehead atoms. The molecule has 0 aliphatic carbocycles. The van der Waals surface area contributed by atoms with E-state index < -0.39 is 0 Å². The topological polar surface area (TPSA) is 49.8 Å². The summed E-state index contributed by atoms with van der Waals surface area (Å²) >= 11 is 0. The van der Waals surface area contributed by atoms with Crippen molar-refractivity contribution >= 4 is 5.82 Å². The van der Waals surface area contributed by atoms with Crippen LogP contribution in [0.2, 0.25) is 0 Å². The normalized spacial score (nSPS) is 18.1. The molecule has 0 spiro atoms. The molecule has 0 radical (unpaired) electrons. The molecule has 20 heavy (non-hydrogen) atoms. The molecule has 0 amide bonds. The first-order valence-electron chi connectivity index (χ1n) is 6.85. The quantitative estimate of drug-likeness (QED) is 0.898. The van der Waals surface area contributed by atoms with Crippen molar-refractivity contribution in [3.05, 3.63) is 53.7 Å². The first-order valence-corrected chi connectivity index (χ1v) is 6.85. The van der Waals surface area contributed by atoms with Crippen LogP contribution < -0.4 is 10.6 Å². The molecule has 2 N–H and O–H groups in total. The number of hydrogen-bond donors (Lipinski definition) is 2. The summed E-state index contributed by atoms with van der Waals surface area (Å²) in [5.74, 6) is 0.512. The van der Waals surface area contributed by atoms with Crippen LogP contribution in [0.25, 0.3) is 0 Å². The van der Waals surface area contributed by atoms with Gasteiger partial charge in [0.1, 0.15) is 11.6 Å². The Bertz CT molecular complexity index is 547. The Morgan fingerprint density at radius 2 is 2.05 bits per heavy atom. The van der Waals surface area contributed by atoms with Gasteiger partial charge in [0.25, 0.3) is 0 Å². The van der Waals surface area contributed by atoms with E-state index in [1.54, 1.807) is 18.3 Å². The molecule has 1 aromatic heterocycles. The van der Waals surface area contributed by atoms with Crippen LogP contribution >= 0.6 is 0 Å². The SMILES string of the molecule is Fc1ccc(CNc2cnc([C@H]3CCCN3)cn2)cc1. The Morgan fingerprint density at radius 1 is 1.20 bits per heavy atom. The Hall–Kier alpha value is -2.01. The van der Waals surface area contributed by atoms with Gasteiger partial charge in [0.05, 0.1) is 24.1 Å². The van der Waals surface area contributed by atoms with E-state index in [1.807, 2.05) is 6.20 Å². The molecule has 1 saturated heterocycles. The number of aromatic nitrogens is 2. The highest BCUT2D eigenvalue weighted by atomic mass is 19.1. The molecular weight excluding hydrogens is 255 g/mol. The summed E-state index contributed by atoms with van der Waals surface area (Å²) in [6.07, 6.45) is 5.88. The Kier molecular flexibility index (Phi) is 3.87. The van der Waals surface area contributed by atoms with Crippen LogP contribution in [0.4, 0.5) is 10.2 Å². The Morgan fingerprint density at radius 3 is 2.70 bits per heavy atom. The molecule has 4 nitrogen and oxygen atoms in total. The zero-order valence-corrected chi connectivity index (χ0v) is 11.1. The number of rotatable bonds is 4. The molecule has 2 heterocycles. The molecule has 5 heteroatoms. The zero-order chi connectivity index (χ0) is 13.8. The van der Waals surface area contributed by atoms with Crippen LogP contribution in [0.3, 0.4) is 0 Å². The van der Waals surface area contributed by atoms with Gasteiger partial charge in [-0.25, -0.2) is 9.37 Å². The molecule has 1 aliphatic rings. The molecule has 0 unspecified atom stereocenters. The molecule has 104 valence electrons. The highest BCUT2D eigenvalue weighted by Crippen LogP contribution is 2.20. The zero-order valence-electron chi connectivity index (χ0n) is 11.1. The van der Waals surface area contributed by atoms with Gasteiger partial charge < -0.3 is 10.6 Å². The molecule has 2 aromatic rings. The Balaban J connectivity index is 1.59. The van der Waals surface area contributed by atoms with Crippen molar-refractivity contribution in [1.29, 1.82) is 0 Å². The van der Waals surface area contributed by atoms with Gasteiger partial charge in [-0.15, -0.1) is 0 Å². The van der Waals surface area contributed by atoms with Gasteiger partial charge in [0.2, 0.25) is 0 Å². The van der Waals surface area contributed by atoms with Gasteiger partial charge in [-0.1, -0.05) is 12.1 Å². The number of nitrogens with zero attached hydrogens (tertiary/aromatic N) is 2. The van der Waals surface area contributed by atoms with Crippen LogP contribution in [0.15, 0.2) is 36.7 Å². The van der Waals surface area contributed by atoms with Gasteiger partial charge in [-0.3, -0.25) is 4.98 Å². The van der Waals surface area contributed by atoms with E-state index in [1.165, 1.54) is 18.6 Å². The van der Waals surface area contributed by atoms with Crippen molar-refractivity contribution in [2.45, 2.75) is 25.4 Å². The van der Waals surface area contributed by atoms with Crippen LogP contribution in [-0.2, 0) is 6.54 Å². The van der Waals surface area contributed by atoms with E-state index in [9.17, 15) is 4.39 Å². The van der Waals surface area contributed by atoms with Crippen molar-refractivity contribution in [3.8, 4) is 0 Å². The van der Waals surface area contributed by atoms with Gasteiger partial charge in [-0.2, -0.15) is 0 Å². The lowest BCUT2D eigenvalue weighted by molar-refractivity contribution is 0.624. The number of nitrogens with one attached hydrogen (secondary N) is 2. The smallest absolute Gasteiger partial charge is 0.144 e. The van der Waals surface area contributed by atoms with E-state index in [0.717, 1.165) is 30.0 Å². The monoisotopic (exact) mass is 272 g/mol. The molecule has 1 aliphatic heterocycles. The van der Waals surface area contributed by atoms with Gasteiger partial charge in [0.15, 0.2) is 0 Å². The predicted molar refractivity (Wildman–Crippen MR) is 75.7 cm³/mol. The molecule has 1 aromatic carbocycles. The molecule has 1 atom stereocenters. The summed E-state index contributed by atoms with van der Waals surface area (Å²) in [5.41, 5.74) is 2.00. The molecule has 3 rings (SSSR count). The average Bonchev–Trinajstić information content (AvgIpc) is 3.01. The number of halogens is 1. The summed E-state index contributed by atoms with van der Waals surface area (Å²) in [5, 5.41) is 6.58. The highest BCUT2D eigenvalue weighted by molar-refractivity contribution is 5.33. The summed E-state index contributed by atoms with van der Waals surface area (Å²) in [6.45, 7) is 1.66. The molecule has 1 fully saturated rings. The maximum atomic E-state index is 12.8. The fourth-order valence-electron chi connectivity index (χ4n) is 2.34. The van der Waals surface area contributed by atoms with Crippen molar-refractivity contribution in [2.24, 2.45) is 0 Å². The highest BCUT2D eigenvalue weighted by Gasteiger charge is 2.17. The minimum Gasteiger partial charge on any atom is -0.365 e. The fraction of sp³-hybridized carbons (Fsp3) is 0.333. The average molecular weight is 272 g/mol. The number of hydrogen-bond acceptors (Lipinski definition) is 4. The van der Waals surface area contributed by atoms with Gasteiger partial charge in [-0.05, 0) is 37.1 Å². The van der Waals surface area contributed by atoms with Crippen molar-refractivity contribution in [2.75, 3.05) is 11.9 Å². The van der Waals surface area contributed by atoms with Crippen LogP contribution in [0.1, 0.15) is 30.1 Å². The minimum atomic E-state index is -0.220. The van der Waals surface area contributed by atoms with E-state index >= 15 is 0 Å². The maximum Gasteiger partial charge on any atom is 0.144 e. The number of benzene rings is 1. The first kappa shape index (κ1) is 13.0. The summed E-state index contributed by atoms with van der Waals surface area (Å²) in [6, 6.07) is 6.77. The first-order chi connectivity index (χ1) is 9.81. The van der Waals surface area contributed by atoms with E-state index in [-0.39, 0.29) is 5.82 Å². The third kappa shape index (κ3) is 3.11. The van der Waals surface area contributed by atoms with E-state index in [4.69, 9.17) is 0 Å². The second kappa shape index (κ2) is 5.96. The third-order valence-corrected chi connectivity index (χ3v) is 3.48. The Labute approximate surface area is 117 Å². The van der Waals surface area contributed by atoms with Crippen LogP contribution in [0.5, 0.6) is 0 Å². The summed E-state index contributed by atoms with van der Waals surface area (Å²) < 4.78 is 12.8. The molecular formula is C15H17FN4. The minimum absolute atomic E-state index is 0.220. The second-order valence-electron chi connectivity index (χ2n) is 4.96. The standard InChI is InChI=1S/C15H17FN4/c16-12-5-3-11(4-6-12)8-19-15-10-18-14(9-20-15)13-2-1-7-17-13/h3-6,9-10,13,17H,1-2,7-8H2,(H,19,20)/t13-/m1/s1. The summed E-state index contributed by atoms with van der Waals surface area (Å²) in [7, 11) is 0. The lowest BCUT2D eigenvalue weighted by Crippen LogP contribution is -2.14. The van der Waals surface area contributed by atoms with E-state index in [0.29, 0.717) is 12.6 Å². The lowest BCUT2D eigenvalue weighted by Gasteiger charge is -2.10. The lowest BCUT2D eigenvalue weighted by atomic mass is 10.2. The summed E-state index contributed by atoms with van der Waals surface area (Å²) in [4.78, 5) is 8.81. The number of anilines is 1. The molecule has 0 saturated carbocycles. The third-order valence-electron chi connectivity index (χ3n) is 3.48.